The molecule has 0 bridgehead atoms. The number of hydrogen-bond acceptors (Lipinski definition) is 4. The van der Waals surface area contributed by atoms with E-state index in [9.17, 15) is 0 Å². The predicted octanol–water partition coefficient (Wildman–Crippen LogP) is 2.56. The van der Waals surface area contributed by atoms with Crippen molar-refractivity contribution in [2.24, 2.45) is 10.9 Å². The largest absolute Gasteiger partial charge is 0.497 e. The Labute approximate surface area is 120 Å². The fourth-order valence-electron chi connectivity index (χ4n) is 2.66. The summed E-state index contributed by atoms with van der Waals surface area (Å²) in [4.78, 5) is 2.31. The lowest BCUT2D eigenvalue weighted by Gasteiger charge is -2.29. The van der Waals surface area contributed by atoms with Gasteiger partial charge in [0, 0.05) is 24.7 Å². The van der Waals surface area contributed by atoms with Crippen LogP contribution in [0.4, 0.5) is 5.69 Å². The fraction of sp³-hybridized carbons (Fsp3) is 0.533. The van der Waals surface area contributed by atoms with Crippen LogP contribution in [0.5, 0.6) is 5.75 Å². The lowest BCUT2D eigenvalue weighted by Crippen LogP contribution is -2.29. The first-order valence-electron chi connectivity index (χ1n) is 7.17. The summed E-state index contributed by atoms with van der Waals surface area (Å²) in [6.45, 7) is 2.00. The standard InChI is InChI=1S/C15H23N3O2/c1-20-12-7-8-13(15(16)17-19)14(11-12)18-9-5-3-2-4-6-10-18/h7-8,11,19H,2-6,9-10H2,1H3,(H2,16,17). The highest BCUT2D eigenvalue weighted by atomic mass is 16.5. The van der Waals surface area contributed by atoms with Gasteiger partial charge < -0.3 is 20.6 Å². The van der Waals surface area contributed by atoms with Crippen LogP contribution in [0, 0.1) is 0 Å². The molecule has 0 aliphatic carbocycles. The number of anilines is 1. The molecule has 0 atom stereocenters. The fourth-order valence-corrected chi connectivity index (χ4v) is 2.66. The first-order chi connectivity index (χ1) is 9.76. The van der Waals surface area contributed by atoms with Crippen LogP contribution < -0.4 is 15.4 Å². The third-order valence-corrected chi connectivity index (χ3v) is 3.79. The van der Waals surface area contributed by atoms with Crippen molar-refractivity contribution in [2.75, 3.05) is 25.1 Å². The van der Waals surface area contributed by atoms with Crippen LogP contribution in [0.15, 0.2) is 23.4 Å². The minimum Gasteiger partial charge on any atom is -0.497 e. The van der Waals surface area contributed by atoms with Gasteiger partial charge in [0.1, 0.15) is 5.75 Å². The minimum absolute atomic E-state index is 0.143. The molecule has 1 aromatic rings. The Kier molecular flexibility index (Phi) is 5.09. The van der Waals surface area contributed by atoms with Crippen LogP contribution >= 0.6 is 0 Å². The SMILES string of the molecule is COc1ccc(/C(N)=N/O)c(N2CCCCCCC2)c1. The molecule has 0 radical (unpaired) electrons. The van der Waals surface area contributed by atoms with Gasteiger partial charge in [-0.2, -0.15) is 0 Å². The molecule has 0 saturated carbocycles. The Morgan fingerprint density at radius 1 is 1.20 bits per heavy atom. The Morgan fingerprint density at radius 3 is 2.45 bits per heavy atom. The van der Waals surface area contributed by atoms with Crippen LogP contribution in [0.2, 0.25) is 0 Å². The Hall–Kier alpha value is -1.91. The van der Waals surface area contributed by atoms with E-state index < -0.39 is 0 Å². The van der Waals surface area contributed by atoms with Crippen LogP contribution in [-0.2, 0) is 0 Å². The van der Waals surface area contributed by atoms with Gasteiger partial charge in [-0.25, -0.2) is 0 Å². The summed E-state index contributed by atoms with van der Waals surface area (Å²) in [5.74, 6) is 0.932. The first-order valence-corrected chi connectivity index (χ1v) is 7.17. The molecular weight excluding hydrogens is 254 g/mol. The van der Waals surface area contributed by atoms with Gasteiger partial charge >= 0.3 is 0 Å². The molecule has 5 heteroatoms. The van der Waals surface area contributed by atoms with Gasteiger partial charge in [-0.15, -0.1) is 0 Å². The highest BCUT2D eigenvalue weighted by Crippen LogP contribution is 2.28. The van der Waals surface area contributed by atoms with Crippen LogP contribution in [0.3, 0.4) is 0 Å². The van der Waals surface area contributed by atoms with Crippen molar-refractivity contribution < 1.29 is 9.94 Å². The van der Waals surface area contributed by atoms with E-state index in [2.05, 4.69) is 10.1 Å². The molecule has 1 aromatic carbocycles. The number of nitrogens with two attached hydrogens (primary N) is 1. The van der Waals surface area contributed by atoms with Crippen LogP contribution in [0.1, 0.15) is 37.7 Å². The monoisotopic (exact) mass is 277 g/mol. The molecule has 1 aliphatic heterocycles. The van der Waals surface area contributed by atoms with Crippen molar-refractivity contribution in [1.29, 1.82) is 0 Å². The predicted molar refractivity (Wildman–Crippen MR) is 80.8 cm³/mol. The van der Waals surface area contributed by atoms with E-state index in [1.54, 1.807) is 7.11 Å². The zero-order valence-corrected chi connectivity index (χ0v) is 12.0. The number of amidine groups is 1. The number of hydrogen-bond donors (Lipinski definition) is 2. The number of ether oxygens (including phenoxy) is 1. The average Bonchev–Trinajstić information content (AvgIpc) is 2.45. The Balaban J connectivity index is 2.34. The van der Waals surface area contributed by atoms with Gasteiger partial charge in [0.25, 0.3) is 0 Å². The molecule has 110 valence electrons. The maximum atomic E-state index is 8.95. The van der Waals surface area contributed by atoms with Gasteiger partial charge in [0.05, 0.1) is 12.8 Å². The molecule has 1 heterocycles. The highest BCUT2D eigenvalue weighted by molar-refractivity contribution is 6.02. The van der Waals surface area contributed by atoms with E-state index >= 15 is 0 Å². The number of nitrogens with zero attached hydrogens (tertiary/aromatic N) is 2. The Morgan fingerprint density at radius 2 is 1.85 bits per heavy atom. The topological polar surface area (TPSA) is 71.1 Å². The van der Waals surface area contributed by atoms with E-state index in [0.29, 0.717) is 0 Å². The molecule has 3 N–H and O–H groups in total. The highest BCUT2D eigenvalue weighted by Gasteiger charge is 2.16. The van der Waals surface area contributed by atoms with Crippen molar-refractivity contribution in [1.82, 2.24) is 0 Å². The quantitative estimate of drug-likeness (QED) is 0.385. The van der Waals surface area contributed by atoms with E-state index in [0.717, 1.165) is 30.1 Å². The average molecular weight is 277 g/mol. The molecule has 0 spiro atoms. The summed E-state index contributed by atoms with van der Waals surface area (Å²) >= 11 is 0. The molecule has 1 fully saturated rings. The lowest BCUT2D eigenvalue weighted by atomic mass is 10.1. The summed E-state index contributed by atoms with van der Waals surface area (Å²) < 4.78 is 5.30. The van der Waals surface area contributed by atoms with E-state index in [-0.39, 0.29) is 5.84 Å². The molecule has 20 heavy (non-hydrogen) atoms. The van der Waals surface area contributed by atoms with Gasteiger partial charge in [0.15, 0.2) is 5.84 Å². The minimum atomic E-state index is 0.143. The van der Waals surface area contributed by atoms with E-state index in [1.807, 2.05) is 18.2 Å². The van der Waals surface area contributed by atoms with E-state index in [1.165, 1.54) is 32.1 Å². The number of rotatable bonds is 3. The summed E-state index contributed by atoms with van der Waals surface area (Å²) in [7, 11) is 1.65. The number of oxime groups is 1. The summed E-state index contributed by atoms with van der Waals surface area (Å²) in [6, 6.07) is 5.65. The molecular formula is C15H23N3O2. The molecule has 1 saturated heterocycles. The number of benzene rings is 1. The summed E-state index contributed by atoms with van der Waals surface area (Å²) in [5, 5.41) is 12.1. The van der Waals surface area contributed by atoms with Gasteiger partial charge in [0.2, 0.25) is 0 Å². The molecule has 2 rings (SSSR count). The molecule has 5 nitrogen and oxygen atoms in total. The molecule has 1 aliphatic rings. The van der Waals surface area contributed by atoms with Crippen LogP contribution in [0.25, 0.3) is 0 Å². The maximum absolute atomic E-state index is 8.95. The first kappa shape index (κ1) is 14.5. The third-order valence-electron chi connectivity index (χ3n) is 3.79. The number of methoxy groups -OCH3 is 1. The second kappa shape index (κ2) is 7.03. The van der Waals surface area contributed by atoms with Crippen molar-refractivity contribution >= 4 is 11.5 Å². The molecule has 0 unspecified atom stereocenters. The van der Waals surface area contributed by atoms with Crippen molar-refractivity contribution in [3.05, 3.63) is 23.8 Å². The second-order valence-electron chi connectivity index (χ2n) is 5.12. The second-order valence-corrected chi connectivity index (χ2v) is 5.12. The zero-order chi connectivity index (χ0) is 14.4. The van der Waals surface area contributed by atoms with Gasteiger partial charge in [-0.3, -0.25) is 0 Å². The van der Waals surface area contributed by atoms with Crippen molar-refractivity contribution in [2.45, 2.75) is 32.1 Å². The van der Waals surface area contributed by atoms with E-state index in [4.69, 9.17) is 15.7 Å². The third kappa shape index (κ3) is 3.35. The van der Waals surface area contributed by atoms with Gasteiger partial charge in [-0.05, 0) is 25.0 Å². The van der Waals surface area contributed by atoms with Crippen molar-refractivity contribution in [3.8, 4) is 5.75 Å². The molecule has 0 amide bonds. The zero-order valence-electron chi connectivity index (χ0n) is 12.0. The smallest absolute Gasteiger partial charge is 0.172 e. The Bertz CT molecular complexity index is 466. The normalized spacial score (nSPS) is 17.4. The lowest BCUT2D eigenvalue weighted by molar-refractivity contribution is 0.318. The summed E-state index contributed by atoms with van der Waals surface area (Å²) in [5.41, 5.74) is 7.54. The maximum Gasteiger partial charge on any atom is 0.172 e. The van der Waals surface area contributed by atoms with Crippen molar-refractivity contribution in [3.63, 3.8) is 0 Å². The molecule has 0 aromatic heterocycles. The van der Waals surface area contributed by atoms with Gasteiger partial charge in [-0.1, -0.05) is 24.4 Å². The van der Waals surface area contributed by atoms with Crippen LogP contribution in [-0.4, -0.2) is 31.2 Å². The summed E-state index contributed by atoms with van der Waals surface area (Å²) in [6.07, 6.45) is 6.19.